The van der Waals surface area contributed by atoms with Crippen LogP contribution in [0.1, 0.15) is 30.1 Å². The molecule has 1 amide bonds. The first kappa shape index (κ1) is 19.3. The second-order valence-electron chi connectivity index (χ2n) is 4.49. The largest absolute Gasteiger partial charge is 0.466 e. The van der Waals surface area contributed by atoms with Gasteiger partial charge in [0.1, 0.15) is 0 Å². The van der Waals surface area contributed by atoms with Gasteiger partial charge in [-0.2, -0.15) is 0 Å². The van der Waals surface area contributed by atoms with Crippen molar-refractivity contribution in [2.24, 2.45) is 0 Å². The maximum atomic E-state index is 11.8. The molecule has 0 aliphatic rings. The maximum Gasteiger partial charge on any atom is 0.338 e. The summed E-state index contributed by atoms with van der Waals surface area (Å²) in [4.78, 5) is 34.4. The summed E-state index contributed by atoms with van der Waals surface area (Å²) in [5, 5.41) is 3.13. The van der Waals surface area contributed by atoms with Crippen LogP contribution in [0.4, 0.5) is 0 Å². The van der Waals surface area contributed by atoms with Crippen molar-refractivity contribution >= 4 is 41.0 Å². The number of rotatable bonds is 8. The second-order valence-corrected chi connectivity index (χ2v) is 5.37. The molecule has 0 aliphatic heterocycles. The van der Waals surface area contributed by atoms with Crippen LogP contribution in [0.15, 0.2) is 18.2 Å². The zero-order valence-electron chi connectivity index (χ0n) is 12.6. The van der Waals surface area contributed by atoms with E-state index in [-0.39, 0.29) is 24.5 Å². The first-order valence-corrected chi connectivity index (χ1v) is 7.73. The van der Waals surface area contributed by atoms with Crippen LogP contribution in [0.25, 0.3) is 0 Å². The number of carbonyl (C=O) groups excluding carboxylic acids is 3. The van der Waals surface area contributed by atoms with Gasteiger partial charge in [0.25, 0.3) is 5.91 Å². The normalized spacial score (nSPS) is 10.0. The van der Waals surface area contributed by atoms with Crippen molar-refractivity contribution in [3.8, 4) is 0 Å². The van der Waals surface area contributed by atoms with Crippen molar-refractivity contribution in [2.75, 3.05) is 19.8 Å². The van der Waals surface area contributed by atoms with Gasteiger partial charge >= 0.3 is 11.9 Å². The van der Waals surface area contributed by atoms with Crippen LogP contribution in [0, 0.1) is 0 Å². The number of ether oxygens (including phenoxy) is 2. The Labute approximate surface area is 144 Å². The average Bonchev–Trinajstić information content (AvgIpc) is 2.48. The van der Waals surface area contributed by atoms with Crippen LogP contribution >= 0.6 is 23.2 Å². The monoisotopic (exact) mass is 361 g/mol. The molecule has 1 aromatic carbocycles. The Morgan fingerprint density at radius 3 is 2.35 bits per heavy atom. The fourth-order valence-electron chi connectivity index (χ4n) is 1.63. The summed E-state index contributed by atoms with van der Waals surface area (Å²) in [6.45, 7) is 1.91. The molecule has 1 aromatic rings. The molecule has 0 fully saturated rings. The van der Waals surface area contributed by atoms with Gasteiger partial charge in [-0.15, -0.1) is 0 Å². The summed E-state index contributed by atoms with van der Waals surface area (Å²) in [7, 11) is 0. The van der Waals surface area contributed by atoms with Crippen LogP contribution < -0.4 is 5.32 Å². The molecule has 0 radical (unpaired) electrons. The van der Waals surface area contributed by atoms with E-state index in [0.29, 0.717) is 23.1 Å². The molecule has 0 unspecified atom stereocenters. The van der Waals surface area contributed by atoms with Crippen LogP contribution in [-0.2, 0) is 19.1 Å². The Morgan fingerprint density at radius 1 is 1.09 bits per heavy atom. The van der Waals surface area contributed by atoms with Crippen molar-refractivity contribution in [3.05, 3.63) is 33.8 Å². The highest BCUT2D eigenvalue weighted by Crippen LogP contribution is 2.19. The van der Waals surface area contributed by atoms with E-state index >= 15 is 0 Å². The summed E-state index contributed by atoms with van der Waals surface area (Å²) in [5.74, 6) is -1.47. The van der Waals surface area contributed by atoms with E-state index in [9.17, 15) is 14.4 Å². The molecular weight excluding hydrogens is 345 g/mol. The Bertz CT molecular complexity index is 557. The van der Waals surface area contributed by atoms with Crippen LogP contribution in [0.2, 0.25) is 10.0 Å². The van der Waals surface area contributed by atoms with E-state index < -0.39 is 18.5 Å². The van der Waals surface area contributed by atoms with Crippen molar-refractivity contribution < 1.29 is 23.9 Å². The molecular formula is C15H17Cl2NO5. The Morgan fingerprint density at radius 2 is 1.74 bits per heavy atom. The molecule has 0 spiro atoms. The number of amides is 1. The van der Waals surface area contributed by atoms with E-state index in [1.54, 1.807) is 6.92 Å². The van der Waals surface area contributed by atoms with Crippen molar-refractivity contribution in [2.45, 2.75) is 19.8 Å². The van der Waals surface area contributed by atoms with E-state index in [4.69, 9.17) is 32.7 Å². The van der Waals surface area contributed by atoms with Crippen molar-refractivity contribution in [1.29, 1.82) is 0 Å². The molecule has 1 rings (SSSR count). The lowest BCUT2D eigenvalue weighted by molar-refractivity contribution is -0.143. The molecule has 0 aliphatic carbocycles. The minimum absolute atomic E-state index is 0.164. The summed E-state index contributed by atoms with van der Waals surface area (Å²) in [6, 6.07) is 4.27. The first-order chi connectivity index (χ1) is 10.9. The van der Waals surface area contributed by atoms with Crippen LogP contribution in [0.3, 0.4) is 0 Å². The van der Waals surface area contributed by atoms with E-state index in [1.807, 2.05) is 0 Å². The van der Waals surface area contributed by atoms with Gasteiger partial charge in [-0.05, 0) is 31.5 Å². The van der Waals surface area contributed by atoms with Crippen LogP contribution in [-0.4, -0.2) is 37.6 Å². The maximum absolute atomic E-state index is 11.8. The lowest BCUT2D eigenvalue weighted by atomic mass is 10.2. The van der Waals surface area contributed by atoms with E-state index in [1.165, 1.54) is 18.2 Å². The summed E-state index contributed by atoms with van der Waals surface area (Å²) < 4.78 is 9.61. The molecule has 0 aromatic heterocycles. The third kappa shape index (κ3) is 7.85. The molecule has 0 saturated carbocycles. The number of esters is 2. The number of hydrogen-bond acceptors (Lipinski definition) is 5. The number of benzene rings is 1. The van der Waals surface area contributed by atoms with Crippen molar-refractivity contribution in [3.63, 3.8) is 0 Å². The Hall–Kier alpha value is -1.79. The number of carbonyl (C=O) groups is 3. The number of halogens is 2. The molecule has 0 saturated heterocycles. The van der Waals surface area contributed by atoms with Gasteiger partial charge in [0.2, 0.25) is 0 Å². The van der Waals surface area contributed by atoms with Gasteiger partial charge < -0.3 is 14.8 Å². The van der Waals surface area contributed by atoms with E-state index in [2.05, 4.69) is 5.32 Å². The molecule has 8 heteroatoms. The van der Waals surface area contributed by atoms with Gasteiger partial charge in [0, 0.05) is 23.0 Å². The molecule has 0 atom stereocenters. The van der Waals surface area contributed by atoms with Gasteiger partial charge in [0.05, 0.1) is 12.2 Å². The zero-order chi connectivity index (χ0) is 17.2. The highest BCUT2D eigenvalue weighted by atomic mass is 35.5. The van der Waals surface area contributed by atoms with Gasteiger partial charge in [0.15, 0.2) is 6.61 Å². The van der Waals surface area contributed by atoms with Gasteiger partial charge in [-0.25, -0.2) is 4.79 Å². The third-order valence-corrected chi connectivity index (χ3v) is 3.05. The predicted octanol–water partition coefficient (Wildman–Crippen LogP) is 2.61. The second kappa shape index (κ2) is 10.1. The SMILES string of the molecule is CCOC(=O)CCCNC(=O)COC(=O)c1cc(Cl)cc(Cl)c1. The van der Waals surface area contributed by atoms with Crippen molar-refractivity contribution in [1.82, 2.24) is 5.32 Å². The molecule has 23 heavy (non-hydrogen) atoms. The third-order valence-electron chi connectivity index (χ3n) is 2.62. The van der Waals surface area contributed by atoms with E-state index in [0.717, 1.165) is 0 Å². The van der Waals surface area contributed by atoms with Gasteiger partial charge in [-0.3, -0.25) is 9.59 Å². The zero-order valence-corrected chi connectivity index (χ0v) is 14.1. The number of nitrogens with one attached hydrogen (secondary N) is 1. The lowest BCUT2D eigenvalue weighted by Crippen LogP contribution is -2.30. The smallest absolute Gasteiger partial charge is 0.338 e. The highest BCUT2D eigenvalue weighted by Gasteiger charge is 2.12. The molecule has 0 bridgehead atoms. The number of hydrogen-bond donors (Lipinski definition) is 1. The first-order valence-electron chi connectivity index (χ1n) is 6.98. The summed E-state index contributed by atoms with van der Waals surface area (Å²) >= 11 is 11.6. The van der Waals surface area contributed by atoms with Crippen LogP contribution in [0.5, 0.6) is 0 Å². The Kier molecular flexibility index (Phi) is 8.43. The minimum Gasteiger partial charge on any atom is -0.466 e. The Balaban J connectivity index is 2.27. The quantitative estimate of drug-likeness (QED) is 0.568. The molecule has 126 valence electrons. The summed E-state index contributed by atoms with van der Waals surface area (Å²) in [5.41, 5.74) is 0.164. The lowest BCUT2D eigenvalue weighted by Gasteiger charge is -2.07. The van der Waals surface area contributed by atoms with Gasteiger partial charge in [-0.1, -0.05) is 23.2 Å². The predicted molar refractivity (Wildman–Crippen MR) is 85.6 cm³/mol. The standard InChI is InChI=1S/C15H17Cl2NO5/c1-2-22-14(20)4-3-5-18-13(19)9-23-15(21)10-6-11(16)8-12(17)7-10/h6-8H,2-5,9H2,1H3,(H,18,19). The fraction of sp³-hybridized carbons (Fsp3) is 0.400. The molecule has 0 heterocycles. The average molecular weight is 362 g/mol. The molecule has 1 N–H and O–H groups in total. The highest BCUT2D eigenvalue weighted by molar-refractivity contribution is 6.35. The summed E-state index contributed by atoms with van der Waals surface area (Å²) in [6.07, 6.45) is 0.664. The fourth-order valence-corrected chi connectivity index (χ4v) is 2.16. The topological polar surface area (TPSA) is 81.7 Å². The molecule has 6 nitrogen and oxygen atoms in total. The minimum atomic E-state index is -0.698.